The number of hydrogen-bond acceptors (Lipinski definition) is 3. The fourth-order valence-corrected chi connectivity index (χ4v) is 5.87. The predicted octanol–water partition coefficient (Wildman–Crippen LogP) is 4.64. The summed E-state index contributed by atoms with van der Waals surface area (Å²) < 4.78 is 11.7. The molecule has 1 fully saturated rings. The lowest BCUT2D eigenvalue weighted by atomic mass is 9.69. The van der Waals surface area contributed by atoms with E-state index in [-0.39, 0.29) is 0 Å². The van der Waals surface area contributed by atoms with E-state index in [1.807, 2.05) is 0 Å². The van der Waals surface area contributed by atoms with Crippen molar-refractivity contribution in [2.75, 3.05) is 27.3 Å². The van der Waals surface area contributed by atoms with Crippen molar-refractivity contribution in [2.24, 2.45) is 0 Å². The van der Waals surface area contributed by atoms with Crippen molar-refractivity contribution >= 4 is 10.9 Å². The van der Waals surface area contributed by atoms with Crippen molar-refractivity contribution < 1.29 is 9.47 Å². The van der Waals surface area contributed by atoms with Gasteiger partial charge in [0.1, 0.15) is 0 Å². The maximum atomic E-state index is 5.92. The number of ether oxygens (including phenoxy) is 2. The molecule has 2 aromatic carbocycles. The van der Waals surface area contributed by atoms with Crippen LogP contribution in [0, 0.1) is 0 Å². The molecule has 1 N–H and O–H groups in total. The van der Waals surface area contributed by atoms with E-state index in [4.69, 9.17) is 9.47 Å². The summed E-state index contributed by atoms with van der Waals surface area (Å²) in [6, 6.07) is 11.4. The molecule has 1 aliphatic carbocycles. The Bertz CT molecular complexity index is 1070. The summed E-state index contributed by atoms with van der Waals surface area (Å²) in [4.78, 5) is 6.45. The molecular formula is C23H24N2O2. The Morgan fingerprint density at radius 3 is 2.81 bits per heavy atom. The summed E-state index contributed by atoms with van der Waals surface area (Å²) in [5.74, 6) is 2.27. The number of aromatic amines is 1. The first kappa shape index (κ1) is 15.6. The quantitative estimate of drug-likeness (QED) is 0.723. The Morgan fingerprint density at radius 1 is 1.07 bits per heavy atom. The van der Waals surface area contributed by atoms with Crippen LogP contribution in [0.15, 0.2) is 30.3 Å². The lowest BCUT2D eigenvalue weighted by molar-refractivity contribution is 0.115. The highest BCUT2D eigenvalue weighted by atomic mass is 16.5. The average Bonchev–Trinajstić information content (AvgIpc) is 3.11. The number of methoxy groups -OCH3 is 2. The molecule has 4 heteroatoms. The molecule has 138 valence electrons. The van der Waals surface area contributed by atoms with Crippen molar-refractivity contribution in [3.63, 3.8) is 0 Å². The minimum absolute atomic E-state index is 0.462. The molecule has 0 spiro atoms. The molecule has 1 saturated heterocycles. The second kappa shape index (κ2) is 5.52. The van der Waals surface area contributed by atoms with Crippen LogP contribution in [0.2, 0.25) is 0 Å². The molecule has 1 aromatic heterocycles. The highest BCUT2D eigenvalue weighted by Crippen LogP contribution is 2.59. The van der Waals surface area contributed by atoms with E-state index in [1.54, 1.807) is 14.2 Å². The number of nitrogens with one attached hydrogen (secondary N) is 1. The van der Waals surface area contributed by atoms with Gasteiger partial charge in [-0.15, -0.1) is 0 Å². The fourth-order valence-electron chi connectivity index (χ4n) is 5.87. The molecule has 3 aliphatic rings. The van der Waals surface area contributed by atoms with Crippen LogP contribution in [0.4, 0.5) is 0 Å². The number of H-pyrrole nitrogens is 1. The first-order chi connectivity index (χ1) is 13.3. The standard InChI is InChI=1S/C23H24N2O2/c1-26-17-12-13-9-11-25-10-5-7-15-19-14-6-3-4-8-16(14)24-21(19)20(23(17)27-2)18(13)22(15)25/h3-4,6,8,12,15,22,24H,5,7,9-11H2,1-2H3. The third-order valence-electron chi connectivity index (χ3n) is 6.86. The van der Waals surface area contributed by atoms with Crippen molar-refractivity contribution in [3.8, 4) is 22.8 Å². The van der Waals surface area contributed by atoms with E-state index >= 15 is 0 Å². The molecular weight excluding hydrogens is 336 g/mol. The van der Waals surface area contributed by atoms with Crippen molar-refractivity contribution in [3.05, 3.63) is 47.0 Å². The molecule has 0 bridgehead atoms. The molecule has 3 heterocycles. The van der Waals surface area contributed by atoms with Gasteiger partial charge in [0.05, 0.1) is 19.9 Å². The average molecular weight is 360 g/mol. The van der Waals surface area contributed by atoms with E-state index in [2.05, 4.69) is 40.2 Å². The number of rotatable bonds is 2. The van der Waals surface area contributed by atoms with Gasteiger partial charge in [0.2, 0.25) is 0 Å². The molecule has 3 aromatic rings. The second-order valence-corrected chi connectivity index (χ2v) is 8.00. The van der Waals surface area contributed by atoms with Gasteiger partial charge in [-0.05, 0) is 54.6 Å². The van der Waals surface area contributed by atoms with Crippen LogP contribution in [0.25, 0.3) is 22.2 Å². The first-order valence-corrected chi connectivity index (χ1v) is 9.94. The van der Waals surface area contributed by atoms with Gasteiger partial charge in [-0.3, -0.25) is 4.90 Å². The molecule has 2 atom stereocenters. The molecule has 2 unspecified atom stereocenters. The zero-order chi connectivity index (χ0) is 18.1. The van der Waals surface area contributed by atoms with Crippen LogP contribution in [0.3, 0.4) is 0 Å². The number of aromatic nitrogens is 1. The van der Waals surface area contributed by atoms with Crippen LogP contribution in [0.1, 0.15) is 41.5 Å². The van der Waals surface area contributed by atoms with Crippen LogP contribution >= 0.6 is 0 Å². The van der Waals surface area contributed by atoms with E-state index in [0.717, 1.165) is 24.5 Å². The maximum Gasteiger partial charge on any atom is 0.170 e. The Morgan fingerprint density at radius 2 is 1.96 bits per heavy atom. The fraction of sp³-hybridized carbons (Fsp3) is 0.391. The van der Waals surface area contributed by atoms with Gasteiger partial charge in [0.25, 0.3) is 0 Å². The third kappa shape index (κ3) is 1.91. The van der Waals surface area contributed by atoms with E-state index < -0.39 is 0 Å². The summed E-state index contributed by atoms with van der Waals surface area (Å²) in [6.45, 7) is 2.34. The minimum atomic E-state index is 0.462. The maximum absolute atomic E-state index is 5.92. The smallest absolute Gasteiger partial charge is 0.170 e. The van der Waals surface area contributed by atoms with Gasteiger partial charge in [0, 0.05) is 35.0 Å². The third-order valence-corrected chi connectivity index (χ3v) is 6.86. The number of fused-ring (bicyclic) bond motifs is 5. The van der Waals surface area contributed by atoms with E-state index in [1.165, 1.54) is 58.2 Å². The van der Waals surface area contributed by atoms with Crippen LogP contribution in [-0.2, 0) is 6.42 Å². The van der Waals surface area contributed by atoms with Gasteiger partial charge >= 0.3 is 0 Å². The van der Waals surface area contributed by atoms with Gasteiger partial charge in [-0.2, -0.15) is 0 Å². The second-order valence-electron chi connectivity index (χ2n) is 8.00. The summed E-state index contributed by atoms with van der Waals surface area (Å²) in [7, 11) is 3.50. The Hall–Kier alpha value is -2.46. The normalized spacial score (nSPS) is 23.0. The van der Waals surface area contributed by atoms with Crippen LogP contribution in [-0.4, -0.2) is 37.2 Å². The van der Waals surface area contributed by atoms with E-state index in [9.17, 15) is 0 Å². The zero-order valence-corrected chi connectivity index (χ0v) is 15.8. The lowest BCUT2D eigenvalue weighted by Gasteiger charge is -2.48. The lowest BCUT2D eigenvalue weighted by Crippen LogP contribution is -2.44. The highest BCUT2D eigenvalue weighted by Gasteiger charge is 2.45. The molecule has 0 saturated carbocycles. The molecule has 0 amide bonds. The number of hydrogen-bond donors (Lipinski definition) is 1. The van der Waals surface area contributed by atoms with Gasteiger partial charge in [-0.1, -0.05) is 18.2 Å². The summed E-state index contributed by atoms with van der Waals surface area (Å²) >= 11 is 0. The summed E-state index contributed by atoms with van der Waals surface area (Å²) in [5, 5.41) is 1.36. The van der Waals surface area contributed by atoms with Crippen molar-refractivity contribution in [2.45, 2.75) is 31.2 Å². The minimum Gasteiger partial charge on any atom is -0.493 e. The molecule has 6 rings (SSSR count). The van der Waals surface area contributed by atoms with Crippen LogP contribution in [0.5, 0.6) is 11.5 Å². The highest BCUT2D eigenvalue weighted by molar-refractivity contribution is 5.96. The molecule has 2 aliphatic heterocycles. The Kier molecular flexibility index (Phi) is 3.19. The SMILES string of the molecule is COc1cc2c3c(c1OC)-c1[nH]c4ccccc4c1C1CCCN(CC2)C31. The number of piperidine rings is 1. The first-order valence-electron chi connectivity index (χ1n) is 9.94. The summed E-state index contributed by atoms with van der Waals surface area (Å²) in [6.07, 6.45) is 3.61. The zero-order valence-electron chi connectivity index (χ0n) is 15.8. The van der Waals surface area contributed by atoms with Crippen molar-refractivity contribution in [1.29, 1.82) is 0 Å². The van der Waals surface area contributed by atoms with Gasteiger partial charge in [0.15, 0.2) is 11.5 Å². The summed E-state index contributed by atoms with van der Waals surface area (Å²) in [5.41, 5.74) is 8.07. The van der Waals surface area contributed by atoms with E-state index in [0.29, 0.717) is 12.0 Å². The molecule has 4 nitrogen and oxygen atoms in total. The topological polar surface area (TPSA) is 37.5 Å². The van der Waals surface area contributed by atoms with Gasteiger partial charge in [-0.25, -0.2) is 0 Å². The molecule has 0 radical (unpaired) electrons. The van der Waals surface area contributed by atoms with Gasteiger partial charge < -0.3 is 14.5 Å². The van der Waals surface area contributed by atoms with Crippen LogP contribution < -0.4 is 9.47 Å². The monoisotopic (exact) mass is 360 g/mol. The number of para-hydroxylation sites is 1. The van der Waals surface area contributed by atoms with Crippen molar-refractivity contribution in [1.82, 2.24) is 9.88 Å². The predicted molar refractivity (Wildman–Crippen MR) is 107 cm³/mol. The Labute approximate surface area is 159 Å². The molecule has 27 heavy (non-hydrogen) atoms. The number of nitrogens with zero attached hydrogens (tertiary/aromatic N) is 1. The number of benzene rings is 2. The largest absolute Gasteiger partial charge is 0.493 e. The Balaban J connectivity index is 1.77.